The fourth-order valence-electron chi connectivity index (χ4n) is 3.57. The second-order valence-electron chi connectivity index (χ2n) is 7.92. The molecule has 0 aliphatic carbocycles. The van der Waals surface area contributed by atoms with E-state index in [0.717, 1.165) is 29.1 Å². The van der Waals surface area contributed by atoms with Gasteiger partial charge in [0.1, 0.15) is 23.6 Å². The third kappa shape index (κ3) is 4.62. The van der Waals surface area contributed by atoms with E-state index < -0.39 is 5.60 Å². The molecule has 0 amide bonds. The molecule has 28 heavy (non-hydrogen) atoms. The van der Waals surface area contributed by atoms with Crippen molar-refractivity contribution in [2.45, 2.75) is 65.1 Å². The predicted octanol–water partition coefficient (Wildman–Crippen LogP) is 5.99. The molecule has 0 fully saturated rings. The molecule has 0 aromatic heterocycles. The predicted molar refractivity (Wildman–Crippen MR) is 114 cm³/mol. The standard InChI is InChI=1S/C23H30ClNO3/c1-6-25-17-11-12-20-18(13-17)21(27-15(2)3)22(23(4,5)28-20)26-14-16-9-7-8-10-19(16)24/h7-13,15,21-22,25H,6,14H2,1-5H3. The van der Waals surface area contributed by atoms with Crippen LogP contribution in [0, 0.1) is 0 Å². The molecule has 3 rings (SSSR count). The molecule has 1 aliphatic heterocycles. The van der Waals surface area contributed by atoms with Crippen molar-refractivity contribution in [1.29, 1.82) is 0 Å². The maximum Gasteiger partial charge on any atom is 0.132 e. The highest BCUT2D eigenvalue weighted by Crippen LogP contribution is 2.45. The lowest BCUT2D eigenvalue weighted by Crippen LogP contribution is -2.51. The molecule has 2 atom stereocenters. The van der Waals surface area contributed by atoms with Gasteiger partial charge in [-0.25, -0.2) is 0 Å². The topological polar surface area (TPSA) is 39.7 Å². The molecule has 2 aromatic carbocycles. The summed E-state index contributed by atoms with van der Waals surface area (Å²) in [6.45, 7) is 11.5. The number of hydrogen-bond acceptors (Lipinski definition) is 4. The molecule has 0 bridgehead atoms. The van der Waals surface area contributed by atoms with E-state index in [0.29, 0.717) is 11.6 Å². The highest BCUT2D eigenvalue weighted by molar-refractivity contribution is 6.31. The molecule has 0 spiro atoms. The number of rotatable bonds is 7. The van der Waals surface area contributed by atoms with Crippen molar-refractivity contribution in [3.8, 4) is 5.75 Å². The fourth-order valence-corrected chi connectivity index (χ4v) is 3.76. The lowest BCUT2D eigenvalue weighted by Gasteiger charge is -2.45. The quantitative estimate of drug-likeness (QED) is 0.615. The summed E-state index contributed by atoms with van der Waals surface area (Å²) in [5.74, 6) is 0.842. The van der Waals surface area contributed by atoms with Gasteiger partial charge in [0.25, 0.3) is 0 Å². The zero-order valence-corrected chi connectivity index (χ0v) is 18.0. The Morgan fingerprint density at radius 1 is 1.18 bits per heavy atom. The van der Waals surface area contributed by atoms with Crippen molar-refractivity contribution >= 4 is 17.3 Å². The van der Waals surface area contributed by atoms with E-state index in [2.05, 4.69) is 18.3 Å². The van der Waals surface area contributed by atoms with Gasteiger partial charge < -0.3 is 19.5 Å². The molecule has 2 unspecified atom stereocenters. The van der Waals surface area contributed by atoms with Crippen LogP contribution in [-0.4, -0.2) is 24.4 Å². The molecule has 2 aromatic rings. The Morgan fingerprint density at radius 3 is 2.61 bits per heavy atom. The maximum absolute atomic E-state index is 6.38. The average Bonchev–Trinajstić information content (AvgIpc) is 2.62. The molecule has 0 saturated heterocycles. The Hall–Kier alpha value is -1.75. The van der Waals surface area contributed by atoms with Crippen LogP contribution in [-0.2, 0) is 16.1 Å². The monoisotopic (exact) mass is 403 g/mol. The minimum absolute atomic E-state index is 0.0564. The summed E-state index contributed by atoms with van der Waals surface area (Å²) in [6, 6.07) is 13.9. The van der Waals surface area contributed by atoms with Crippen molar-refractivity contribution in [1.82, 2.24) is 0 Å². The van der Waals surface area contributed by atoms with Crippen LogP contribution in [0.2, 0.25) is 5.02 Å². The second-order valence-corrected chi connectivity index (χ2v) is 8.32. The Balaban J connectivity index is 1.94. The summed E-state index contributed by atoms with van der Waals surface area (Å²) < 4.78 is 19.1. The Bertz CT molecular complexity index is 806. The van der Waals surface area contributed by atoms with E-state index in [1.54, 1.807) is 0 Å². The van der Waals surface area contributed by atoms with Gasteiger partial charge in [-0.05, 0) is 64.4 Å². The van der Waals surface area contributed by atoms with Crippen molar-refractivity contribution in [3.05, 3.63) is 58.6 Å². The van der Waals surface area contributed by atoms with Gasteiger partial charge in [-0.1, -0.05) is 29.8 Å². The average molecular weight is 404 g/mol. The lowest BCUT2D eigenvalue weighted by atomic mass is 9.87. The zero-order valence-electron chi connectivity index (χ0n) is 17.3. The van der Waals surface area contributed by atoms with Crippen LogP contribution in [0.3, 0.4) is 0 Å². The minimum Gasteiger partial charge on any atom is -0.485 e. The van der Waals surface area contributed by atoms with Crippen LogP contribution in [0.1, 0.15) is 51.8 Å². The van der Waals surface area contributed by atoms with Crippen LogP contribution in [0.25, 0.3) is 0 Å². The lowest BCUT2D eigenvalue weighted by molar-refractivity contribution is -0.177. The van der Waals surface area contributed by atoms with E-state index in [9.17, 15) is 0 Å². The van der Waals surface area contributed by atoms with E-state index in [4.69, 9.17) is 25.8 Å². The van der Waals surface area contributed by atoms with Crippen LogP contribution in [0.5, 0.6) is 5.75 Å². The first-order valence-electron chi connectivity index (χ1n) is 9.89. The summed E-state index contributed by atoms with van der Waals surface area (Å²) in [5, 5.41) is 4.07. The normalized spacial score (nSPS) is 20.5. The van der Waals surface area contributed by atoms with E-state index in [1.165, 1.54) is 0 Å². The number of nitrogens with one attached hydrogen (secondary N) is 1. The Kier molecular flexibility index (Phi) is 6.54. The first kappa shape index (κ1) is 21.0. The van der Waals surface area contributed by atoms with Crippen LogP contribution < -0.4 is 10.1 Å². The summed E-state index contributed by atoms with van der Waals surface area (Å²) in [4.78, 5) is 0. The van der Waals surface area contributed by atoms with Crippen molar-refractivity contribution < 1.29 is 14.2 Å². The zero-order chi connectivity index (χ0) is 20.3. The molecule has 0 radical (unpaired) electrons. The molecule has 1 heterocycles. The van der Waals surface area contributed by atoms with Gasteiger partial charge in [0, 0.05) is 22.8 Å². The summed E-state index contributed by atoms with van der Waals surface area (Å²) in [5.41, 5.74) is 2.46. The molecule has 152 valence electrons. The second kappa shape index (κ2) is 8.73. The van der Waals surface area contributed by atoms with Gasteiger partial charge in [-0.2, -0.15) is 0 Å². The summed E-state index contributed by atoms with van der Waals surface area (Å²) in [6.07, 6.45) is -0.462. The minimum atomic E-state index is -0.548. The van der Waals surface area contributed by atoms with E-state index in [-0.39, 0.29) is 18.3 Å². The molecule has 5 heteroatoms. The third-order valence-electron chi connectivity index (χ3n) is 4.83. The van der Waals surface area contributed by atoms with Crippen LogP contribution in [0.4, 0.5) is 5.69 Å². The Morgan fingerprint density at radius 2 is 1.93 bits per heavy atom. The molecular weight excluding hydrogens is 374 g/mol. The van der Waals surface area contributed by atoms with Crippen LogP contribution in [0.15, 0.2) is 42.5 Å². The van der Waals surface area contributed by atoms with Crippen molar-refractivity contribution in [2.24, 2.45) is 0 Å². The summed E-state index contributed by atoms with van der Waals surface area (Å²) in [7, 11) is 0. The highest BCUT2D eigenvalue weighted by atomic mass is 35.5. The van der Waals surface area contributed by atoms with Gasteiger partial charge in [0.2, 0.25) is 0 Å². The number of fused-ring (bicyclic) bond motifs is 1. The first-order valence-corrected chi connectivity index (χ1v) is 10.3. The number of ether oxygens (including phenoxy) is 3. The van der Waals surface area contributed by atoms with Crippen molar-refractivity contribution in [3.63, 3.8) is 0 Å². The largest absolute Gasteiger partial charge is 0.485 e. The summed E-state index contributed by atoms with van der Waals surface area (Å²) >= 11 is 6.32. The van der Waals surface area contributed by atoms with Gasteiger partial charge in [-0.15, -0.1) is 0 Å². The molecule has 1 N–H and O–H groups in total. The van der Waals surface area contributed by atoms with Crippen LogP contribution >= 0.6 is 11.6 Å². The SMILES string of the molecule is CCNc1ccc2c(c1)C(OC(C)C)C(OCc1ccccc1Cl)C(C)(C)O2. The number of halogens is 1. The van der Waals surface area contributed by atoms with E-state index >= 15 is 0 Å². The smallest absolute Gasteiger partial charge is 0.132 e. The number of benzene rings is 2. The number of anilines is 1. The molecular formula is C23H30ClNO3. The van der Waals surface area contributed by atoms with Gasteiger partial charge in [0.05, 0.1) is 12.7 Å². The van der Waals surface area contributed by atoms with E-state index in [1.807, 2.05) is 64.1 Å². The molecule has 1 aliphatic rings. The third-order valence-corrected chi connectivity index (χ3v) is 5.19. The first-order chi connectivity index (χ1) is 13.3. The van der Waals surface area contributed by atoms with Gasteiger partial charge >= 0.3 is 0 Å². The van der Waals surface area contributed by atoms with Gasteiger partial charge in [0.15, 0.2) is 0 Å². The van der Waals surface area contributed by atoms with Gasteiger partial charge in [-0.3, -0.25) is 0 Å². The highest BCUT2D eigenvalue weighted by Gasteiger charge is 2.46. The molecule has 4 nitrogen and oxygen atoms in total. The maximum atomic E-state index is 6.38. The number of hydrogen-bond donors (Lipinski definition) is 1. The molecule has 0 saturated carbocycles. The Labute approximate surface area is 173 Å². The van der Waals surface area contributed by atoms with Crippen molar-refractivity contribution in [2.75, 3.05) is 11.9 Å². The fraction of sp³-hybridized carbons (Fsp3) is 0.478.